The van der Waals surface area contributed by atoms with Crippen LogP contribution in [-0.4, -0.2) is 17.6 Å². The highest BCUT2D eigenvalue weighted by molar-refractivity contribution is 5.76. The minimum atomic E-state index is -1.17. The first-order valence-electron chi connectivity index (χ1n) is 6.90. The summed E-state index contributed by atoms with van der Waals surface area (Å²) in [5.41, 5.74) is -1.17. The maximum Gasteiger partial charge on any atom is 0.220 e. The standard InChI is InChI=1S/C15H25NO3/c1-5-12(11(2)3)9-14(17)16-10-15(4,18)13-7-6-8-19-13/h6-8,11-12,18H,5,9-10H2,1-4H3,(H,16,17). The molecule has 0 saturated heterocycles. The van der Waals surface area contributed by atoms with Gasteiger partial charge in [-0.3, -0.25) is 4.79 Å². The van der Waals surface area contributed by atoms with E-state index < -0.39 is 5.60 Å². The molecule has 0 bridgehead atoms. The fraction of sp³-hybridized carbons (Fsp3) is 0.667. The maximum atomic E-state index is 11.9. The van der Waals surface area contributed by atoms with E-state index in [2.05, 4.69) is 26.1 Å². The minimum Gasteiger partial charge on any atom is -0.466 e. The monoisotopic (exact) mass is 267 g/mol. The number of amides is 1. The Hall–Kier alpha value is -1.29. The van der Waals surface area contributed by atoms with E-state index in [1.54, 1.807) is 19.1 Å². The largest absolute Gasteiger partial charge is 0.466 e. The van der Waals surface area contributed by atoms with Crippen molar-refractivity contribution in [3.63, 3.8) is 0 Å². The van der Waals surface area contributed by atoms with Crippen LogP contribution >= 0.6 is 0 Å². The highest BCUT2D eigenvalue weighted by Gasteiger charge is 2.27. The highest BCUT2D eigenvalue weighted by atomic mass is 16.4. The first kappa shape index (κ1) is 15.8. The van der Waals surface area contributed by atoms with Crippen LogP contribution in [0.25, 0.3) is 0 Å². The van der Waals surface area contributed by atoms with E-state index in [0.717, 1.165) is 6.42 Å². The van der Waals surface area contributed by atoms with E-state index in [0.29, 0.717) is 24.0 Å². The average Bonchev–Trinajstić information content (AvgIpc) is 2.87. The smallest absolute Gasteiger partial charge is 0.220 e. The van der Waals surface area contributed by atoms with Crippen LogP contribution in [0.5, 0.6) is 0 Å². The summed E-state index contributed by atoms with van der Waals surface area (Å²) in [6.45, 7) is 8.14. The molecule has 0 aliphatic heterocycles. The molecule has 108 valence electrons. The molecule has 4 heteroatoms. The summed E-state index contributed by atoms with van der Waals surface area (Å²) in [6.07, 6.45) is 3.00. The van der Waals surface area contributed by atoms with Gasteiger partial charge in [0.05, 0.1) is 12.8 Å². The Bertz CT molecular complexity index is 382. The molecule has 0 saturated carbocycles. The lowest BCUT2D eigenvalue weighted by atomic mass is 9.90. The second kappa shape index (κ2) is 6.75. The van der Waals surface area contributed by atoms with Gasteiger partial charge in [0.25, 0.3) is 0 Å². The number of carbonyl (C=O) groups excluding carboxylic acids is 1. The van der Waals surface area contributed by atoms with Gasteiger partial charge in [-0.1, -0.05) is 27.2 Å². The van der Waals surface area contributed by atoms with Crippen LogP contribution < -0.4 is 5.32 Å². The molecule has 0 fully saturated rings. The molecule has 1 rings (SSSR count). The Morgan fingerprint density at radius 3 is 2.68 bits per heavy atom. The van der Waals surface area contributed by atoms with Crippen molar-refractivity contribution < 1.29 is 14.3 Å². The normalized spacial score (nSPS) is 16.1. The predicted molar refractivity (Wildman–Crippen MR) is 74.5 cm³/mol. The van der Waals surface area contributed by atoms with E-state index in [-0.39, 0.29) is 12.5 Å². The average molecular weight is 267 g/mol. The number of rotatable bonds is 7. The topological polar surface area (TPSA) is 62.5 Å². The predicted octanol–water partition coefficient (Wildman–Crippen LogP) is 2.68. The molecule has 0 aliphatic rings. The van der Waals surface area contributed by atoms with Crippen molar-refractivity contribution in [2.24, 2.45) is 11.8 Å². The molecule has 1 amide bonds. The van der Waals surface area contributed by atoms with Crippen molar-refractivity contribution in [2.75, 3.05) is 6.54 Å². The molecule has 2 unspecified atom stereocenters. The van der Waals surface area contributed by atoms with E-state index >= 15 is 0 Å². The summed E-state index contributed by atoms with van der Waals surface area (Å²) in [5, 5.41) is 13.0. The van der Waals surface area contributed by atoms with Crippen LogP contribution in [-0.2, 0) is 10.4 Å². The number of carbonyl (C=O) groups is 1. The van der Waals surface area contributed by atoms with Crippen molar-refractivity contribution in [3.05, 3.63) is 24.2 Å². The van der Waals surface area contributed by atoms with Crippen LogP contribution in [0.4, 0.5) is 0 Å². The molecule has 1 aromatic rings. The molecule has 1 aromatic heterocycles. The molecule has 0 aromatic carbocycles. The summed E-state index contributed by atoms with van der Waals surface area (Å²) in [4.78, 5) is 11.9. The molecular weight excluding hydrogens is 242 g/mol. The zero-order valence-electron chi connectivity index (χ0n) is 12.3. The Balaban J connectivity index is 2.46. The molecule has 0 aliphatic carbocycles. The van der Waals surface area contributed by atoms with Gasteiger partial charge >= 0.3 is 0 Å². The van der Waals surface area contributed by atoms with Crippen LogP contribution in [0.3, 0.4) is 0 Å². The summed E-state index contributed by atoms with van der Waals surface area (Å²) in [5.74, 6) is 1.31. The number of nitrogens with one attached hydrogen (secondary N) is 1. The fourth-order valence-corrected chi connectivity index (χ4v) is 2.10. The van der Waals surface area contributed by atoms with E-state index in [9.17, 15) is 9.90 Å². The lowest BCUT2D eigenvalue weighted by molar-refractivity contribution is -0.123. The first-order valence-corrected chi connectivity index (χ1v) is 6.90. The van der Waals surface area contributed by atoms with Gasteiger partial charge in [0.2, 0.25) is 5.91 Å². The molecule has 2 N–H and O–H groups in total. The second-order valence-corrected chi connectivity index (χ2v) is 5.64. The van der Waals surface area contributed by atoms with Gasteiger partial charge in [0, 0.05) is 6.42 Å². The van der Waals surface area contributed by atoms with Gasteiger partial charge in [-0.05, 0) is 30.9 Å². The second-order valence-electron chi connectivity index (χ2n) is 5.64. The Morgan fingerprint density at radius 2 is 2.21 bits per heavy atom. The molecular formula is C15H25NO3. The Morgan fingerprint density at radius 1 is 1.53 bits per heavy atom. The zero-order chi connectivity index (χ0) is 14.5. The molecule has 0 radical (unpaired) electrons. The van der Waals surface area contributed by atoms with Crippen molar-refractivity contribution >= 4 is 5.91 Å². The molecule has 4 nitrogen and oxygen atoms in total. The Labute approximate surface area is 115 Å². The number of aliphatic hydroxyl groups is 1. The highest BCUT2D eigenvalue weighted by Crippen LogP contribution is 2.21. The van der Waals surface area contributed by atoms with E-state index in [1.807, 2.05) is 0 Å². The fourth-order valence-electron chi connectivity index (χ4n) is 2.10. The third-order valence-corrected chi connectivity index (χ3v) is 3.60. The summed E-state index contributed by atoms with van der Waals surface area (Å²) < 4.78 is 5.17. The van der Waals surface area contributed by atoms with Crippen LogP contribution in [0.2, 0.25) is 0 Å². The van der Waals surface area contributed by atoms with Gasteiger partial charge in [-0.25, -0.2) is 0 Å². The lowest BCUT2D eigenvalue weighted by Crippen LogP contribution is -2.39. The lowest BCUT2D eigenvalue weighted by Gasteiger charge is -2.23. The quantitative estimate of drug-likeness (QED) is 0.798. The molecule has 19 heavy (non-hydrogen) atoms. The molecule has 2 atom stereocenters. The summed E-state index contributed by atoms with van der Waals surface area (Å²) in [7, 11) is 0. The van der Waals surface area contributed by atoms with E-state index in [4.69, 9.17) is 4.42 Å². The van der Waals surface area contributed by atoms with Gasteiger partial charge in [-0.2, -0.15) is 0 Å². The summed E-state index contributed by atoms with van der Waals surface area (Å²) >= 11 is 0. The molecule has 0 spiro atoms. The van der Waals surface area contributed by atoms with Gasteiger partial charge in [0.15, 0.2) is 0 Å². The summed E-state index contributed by atoms with van der Waals surface area (Å²) in [6, 6.07) is 3.42. The minimum absolute atomic E-state index is 0.0209. The van der Waals surface area contributed by atoms with Gasteiger partial charge in [0.1, 0.15) is 11.4 Å². The van der Waals surface area contributed by atoms with Crippen molar-refractivity contribution in [2.45, 2.75) is 46.1 Å². The van der Waals surface area contributed by atoms with Gasteiger partial charge in [-0.15, -0.1) is 0 Å². The van der Waals surface area contributed by atoms with Gasteiger partial charge < -0.3 is 14.8 Å². The number of hydrogen-bond donors (Lipinski definition) is 2. The van der Waals surface area contributed by atoms with Crippen molar-refractivity contribution in [3.8, 4) is 0 Å². The SMILES string of the molecule is CCC(CC(=O)NCC(C)(O)c1ccco1)C(C)C. The van der Waals surface area contributed by atoms with E-state index in [1.165, 1.54) is 6.26 Å². The number of hydrogen-bond acceptors (Lipinski definition) is 3. The van der Waals surface area contributed by atoms with Crippen LogP contribution in [0.1, 0.15) is 46.3 Å². The third-order valence-electron chi connectivity index (χ3n) is 3.60. The third kappa shape index (κ3) is 4.71. The van der Waals surface area contributed by atoms with Crippen molar-refractivity contribution in [1.82, 2.24) is 5.32 Å². The molecule has 1 heterocycles. The Kier molecular flexibility index (Phi) is 5.60. The van der Waals surface area contributed by atoms with Crippen molar-refractivity contribution in [1.29, 1.82) is 0 Å². The zero-order valence-corrected chi connectivity index (χ0v) is 12.3. The number of furan rings is 1. The first-order chi connectivity index (χ1) is 8.86. The van der Waals surface area contributed by atoms with Crippen LogP contribution in [0, 0.1) is 11.8 Å². The maximum absolute atomic E-state index is 11.9. The van der Waals surface area contributed by atoms with Crippen LogP contribution in [0.15, 0.2) is 22.8 Å².